The Morgan fingerprint density at radius 2 is 2.00 bits per heavy atom. The predicted octanol–water partition coefficient (Wildman–Crippen LogP) is 3.61. The van der Waals surface area contributed by atoms with Crippen LogP contribution in [0.4, 0.5) is 5.82 Å². The number of aromatic nitrogens is 4. The third-order valence-electron chi connectivity index (χ3n) is 3.51. The monoisotopic (exact) mass is 287 g/mol. The van der Waals surface area contributed by atoms with Crippen molar-refractivity contribution in [2.24, 2.45) is 0 Å². The summed E-state index contributed by atoms with van der Waals surface area (Å²) in [5.41, 5.74) is 3.21. The molecule has 0 aliphatic carbocycles. The summed E-state index contributed by atoms with van der Waals surface area (Å²) in [4.78, 5) is 9.38. The van der Waals surface area contributed by atoms with Crippen molar-refractivity contribution in [3.8, 4) is 11.4 Å². The first kappa shape index (κ1) is 15.5. The maximum Gasteiger partial charge on any atom is 0.164 e. The van der Waals surface area contributed by atoms with Crippen LogP contribution >= 0.6 is 0 Å². The maximum atomic E-state index is 4.70. The molecule has 0 saturated heterocycles. The Hall–Kier alpha value is -1.91. The van der Waals surface area contributed by atoms with Gasteiger partial charge in [-0.3, -0.25) is 4.68 Å². The minimum atomic E-state index is 0.340. The molecule has 0 saturated carbocycles. The van der Waals surface area contributed by atoms with E-state index in [9.17, 15) is 0 Å². The highest BCUT2D eigenvalue weighted by Gasteiger charge is 2.13. The van der Waals surface area contributed by atoms with Gasteiger partial charge >= 0.3 is 0 Å². The normalized spacial score (nSPS) is 11.1. The Morgan fingerprint density at radius 3 is 2.57 bits per heavy atom. The maximum absolute atomic E-state index is 4.70. The summed E-state index contributed by atoms with van der Waals surface area (Å²) < 4.78 is 1.93. The lowest BCUT2D eigenvalue weighted by Gasteiger charge is -2.12. The lowest BCUT2D eigenvalue weighted by Crippen LogP contribution is -2.08. The third kappa shape index (κ3) is 3.40. The zero-order valence-electron chi connectivity index (χ0n) is 13.6. The molecular weight excluding hydrogens is 262 g/mol. The van der Waals surface area contributed by atoms with E-state index in [-0.39, 0.29) is 0 Å². The molecule has 5 nitrogen and oxygen atoms in total. The van der Waals surface area contributed by atoms with Crippen molar-refractivity contribution < 1.29 is 0 Å². The molecule has 114 valence electrons. The van der Waals surface area contributed by atoms with Gasteiger partial charge in [0.25, 0.3) is 0 Å². The molecule has 2 rings (SSSR count). The van der Waals surface area contributed by atoms with Gasteiger partial charge in [0.05, 0.1) is 11.8 Å². The molecule has 0 fully saturated rings. The van der Waals surface area contributed by atoms with Crippen molar-refractivity contribution in [3.63, 3.8) is 0 Å². The average molecular weight is 287 g/mol. The van der Waals surface area contributed by atoms with Gasteiger partial charge in [0.15, 0.2) is 5.82 Å². The number of nitrogens with zero attached hydrogens (tertiary/aromatic N) is 4. The summed E-state index contributed by atoms with van der Waals surface area (Å²) in [5.74, 6) is 1.69. The predicted molar refractivity (Wildman–Crippen MR) is 86.5 cm³/mol. The standard InChI is InChI=1S/C16H25N5/c1-6-8-17-15-12(5)14(7-2)19-16(20-15)13-9-18-21(10-13)11(3)4/h9-11H,6-8H2,1-5H3,(H,17,19,20). The van der Waals surface area contributed by atoms with Gasteiger partial charge in [0, 0.05) is 30.0 Å². The second-order valence-corrected chi connectivity index (χ2v) is 5.55. The van der Waals surface area contributed by atoms with E-state index in [4.69, 9.17) is 4.98 Å². The van der Waals surface area contributed by atoms with E-state index < -0.39 is 0 Å². The van der Waals surface area contributed by atoms with Crippen LogP contribution in [0, 0.1) is 6.92 Å². The fourth-order valence-electron chi connectivity index (χ4n) is 2.19. The Morgan fingerprint density at radius 1 is 1.24 bits per heavy atom. The fourth-order valence-corrected chi connectivity index (χ4v) is 2.19. The Kier molecular flexibility index (Phi) is 4.94. The van der Waals surface area contributed by atoms with Crippen LogP contribution in [0.1, 0.15) is 51.4 Å². The SMILES string of the molecule is CCCNc1nc(-c2cnn(C(C)C)c2)nc(CC)c1C. The quantitative estimate of drug-likeness (QED) is 0.881. The zero-order valence-corrected chi connectivity index (χ0v) is 13.6. The molecule has 0 aliphatic rings. The van der Waals surface area contributed by atoms with E-state index in [2.05, 4.69) is 50.0 Å². The number of hydrogen-bond acceptors (Lipinski definition) is 4. The number of hydrogen-bond donors (Lipinski definition) is 1. The van der Waals surface area contributed by atoms with Gasteiger partial charge in [-0.25, -0.2) is 9.97 Å². The molecule has 2 aromatic heterocycles. The van der Waals surface area contributed by atoms with Gasteiger partial charge in [0.1, 0.15) is 5.82 Å². The Labute approximate surface area is 126 Å². The topological polar surface area (TPSA) is 55.6 Å². The number of aryl methyl sites for hydroxylation is 1. The molecule has 0 aromatic carbocycles. The van der Waals surface area contributed by atoms with Crippen LogP contribution in [0.15, 0.2) is 12.4 Å². The van der Waals surface area contributed by atoms with Crippen molar-refractivity contribution >= 4 is 5.82 Å². The smallest absolute Gasteiger partial charge is 0.164 e. The first-order valence-electron chi connectivity index (χ1n) is 7.72. The first-order chi connectivity index (χ1) is 10.1. The fraction of sp³-hybridized carbons (Fsp3) is 0.562. The summed E-state index contributed by atoms with van der Waals surface area (Å²) in [6, 6.07) is 0.340. The summed E-state index contributed by atoms with van der Waals surface area (Å²) >= 11 is 0. The van der Waals surface area contributed by atoms with Gasteiger partial charge in [-0.15, -0.1) is 0 Å². The van der Waals surface area contributed by atoms with Crippen LogP contribution in [0.5, 0.6) is 0 Å². The molecule has 0 unspecified atom stereocenters. The number of nitrogens with one attached hydrogen (secondary N) is 1. The van der Waals surface area contributed by atoms with Crippen LogP contribution in [-0.2, 0) is 6.42 Å². The second kappa shape index (κ2) is 6.70. The lowest BCUT2D eigenvalue weighted by atomic mass is 10.1. The van der Waals surface area contributed by atoms with Crippen molar-refractivity contribution in [1.29, 1.82) is 0 Å². The molecule has 0 atom stereocenters. The van der Waals surface area contributed by atoms with Crippen LogP contribution in [0.3, 0.4) is 0 Å². The number of anilines is 1. The van der Waals surface area contributed by atoms with Gasteiger partial charge in [-0.2, -0.15) is 5.10 Å². The van der Waals surface area contributed by atoms with Crippen molar-refractivity contribution in [3.05, 3.63) is 23.7 Å². The van der Waals surface area contributed by atoms with Crippen molar-refractivity contribution in [2.45, 2.75) is 53.5 Å². The van der Waals surface area contributed by atoms with E-state index >= 15 is 0 Å². The Balaban J connectivity index is 2.42. The molecule has 2 heterocycles. The minimum Gasteiger partial charge on any atom is -0.370 e. The molecule has 1 N–H and O–H groups in total. The second-order valence-electron chi connectivity index (χ2n) is 5.55. The Bertz CT molecular complexity index is 601. The minimum absolute atomic E-state index is 0.340. The molecule has 2 aromatic rings. The van der Waals surface area contributed by atoms with Crippen LogP contribution in [-0.4, -0.2) is 26.3 Å². The molecule has 0 radical (unpaired) electrons. The van der Waals surface area contributed by atoms with E-state index in [0.717, 1.165) is 47.8 Å². The molecule has 0 amide bonds. The molecule has 0 aliphatic heterocycles. The average Bonchev–Trinajstić information content (AvgIpc) is 2.96. The van der Waals surface area contributed by atoms with Crippen LogP contribution < -0.4 is 5.32 Å². The van der Waals surface area contributed by atoms with Crippen LogP contribution in [0.2, 0.25) is 0 Å². The molecule has 0 spiro atoms. The summed E-state index contributed by atoms with van der Waals surface area (Å²) in [7, 11) is 0. The van der Waals surface area contributed by atoms with Gasteiger partial charge in [-0.1, -0.05) is 13.8 Å². The largest absolute Gasteiger partial charge is 0.370 e. The summed E-state index contributed by atoms with van der Waals surface area (Å²) in [6.07, 6.45) is 5.83. The lowest BCUT2D eigenvalue weighted by molar-refractivity contribution is 0.532. The third-order valence-corrected chi connectivity index (χ3v) is 3.51. The molecule has 21 heavy (non-hydrogen) atoms. The molecule has 5 heteroatoms. The summed E-state index contributed by atoms with van der Waals surface area (Å²) in [5, 5.41) is 7.78. The highest BCUT2D eigenvalue weighted by molar-refractivity contribution is 5.58. The van der Waals surface area contributed by atoms with Gasteiger partial charge in [-0.05, 0) is 33.6 Å². The summed E-state index contributed by atoms with van der Waals surface area (Å²) in [6.45, 7) is 11.5. The van der Waals surface area contributed by atoms with E-state index in [1.54, 1.807) is 0 Å². The number of rotatable bonds is 6. The van der Waals surface area contributed by atoms with E-state index in [0.29, 0.717) is 6.04 Å². The molecular formula is C16H25N5. The van der Waals surface area contributed by atoms with Gasteiger partial charge in [0.2, 0.25) is 0 Å². The molecule has 0 bridgehead atoms. The highest BCUT2D eigenvalue weighted by atomic mass is 15.3. The van der Waals surface area contributed by atoms with E-state index in [1.807, 2.05) is 17.1 Å². The van der Waals surface area contributed by atoms with Crippen molar-refractivity contribution in [2.75, 3.05) is 11.9 Å². The zero-order chi connectivity index (χ0) is 15.4. The van der Waals surface area contributed by atoms with Crippen molar-refractivity contribution in [1.82, 2.24) is 19.7 Å². The first-order valence-corrected chi connectivity index (χ1v) is 7.72. The van der Waals surface area contributed by atoms with Crippen LogP contribution in [0.25, 0.3) is 11.4 Å². The highest BCUT2D eigenvalue weighted by Crippen LogP contribution is 2.22. The van der Waals surface area contributed by atoms with E-state index in [1.165, 1.54) is 0 Å². The van der Waals surface area contributed by atoms with Gasteiger partial charge < -0.3 is 5.32 Å².